The fourth-order valence-corrected chi connectivity index (χ4v) is 3.84. The van der Waals surface area contributed by atoms with E-state index in [4.69, 9.17) is 4.52 Å². The first kappa shape index (κ1) is 19.4. The molecule has 1 fully saturated rings. The van der Waals surface area contributed by atoms with Gasteiger partial charge in [0, 0.05) is 11.8 Å². The highest BCUT2D eigenvalue weighted by Crippen LogP contribution is 2.23. The van der Waals surface area contributed by atoms with Crippen molar-refractivity contribution < 1.29 is 9.32 Å². The Kier molecular flexibility index (Phi) is 6.05. The molecule has 1 aliphatic rings. The van der Waals surface area contributed by atoms with Crippen molar-refractivity contribution in [1.82, 2.24) is 25.6 Å². The maximum Gasteiger partial charge on any atom is 0.273 e. The lowest BCUT2D eigenvalue weighted by molar-refractivity contribution is 0.0941. The second-order valence-corrected chi connectivity index (χ2v) is 7.81. The van der Waals surface area contributed by atoms with Crippen LogP contribution in [0.25, 0.3) is 0 Å². The first-order chi connectivity index (χ1) is 14.2. The summed E-state index contributed by atoms with van der Waals surface area (Å²) in [7, 11) is 0. The molecule has 3 heterocycles. The van der Waals surface area contributed by atoms with Crippen LogP contribution in [0.15, 0.2) is 47.0 Å². The summed E-state index contributed by atoms with van der Waals surface area (Å²) in [5.41, 5.74) is 3.48. The number of nitrogens with zero attached hydrogens (tertiary/aromatic N) is 3. The van der Waals surface area contributed by atoms with Crippen molar-refractivity contribution >= 4 is 5.91 Å². The van der Waals surface area contributed by atoms with Crippen molar-refractivity contribution in [1.29, 1.82) is 0 Å². The van der Waals surface area contributed by atoms with Gasteiger partial charge in [0.25, 0.3) is 5.91 Å². The molecule has 0 bridgehead atoms. The van der Waals surface area contributed by atoms with Gasteiger partial charge in [-0.25, -0.2) is 0 Å². The average molecular weight is 393 g/mol. The second-order valence-electron chi connectivity index (χ2n) is 7.81. The predicted molar refractivity (Wildman–Crippen MR) is 109 cm³/mol. The number of carbonyl (C=O) groups excluding carboxylic acids is 1. The van der Waals surface area contributed by atoms with Crippen LogP contribution in [0.2, 0.25) is 0 Å². The van der Waals surface area contributed by atoms with Gasteiger partial charge >= 0.3 is 0 Å². The maximum absolute atomic E-state index is 12.3. The Hall–Kier alpha value is -2.93. The number of rotatable bonds is 7. The van der Waals surface area contributed by atoms with Crippen molar-refractivity contribution in [2.75, 3.05) is 13.1 Å². The van der Waals surface area contributed by atoms with Gasteiger partial charge in [0.1, 0.15) is 0 Å². The van der Waals surface area contributed by atoms with Crippen molar-refractivity contribution in [3.63, 3.8) is 0 Å². The lowest BCUT2D eigenvalue weighted by Crippen LogP contribution is -2.33. The minimum atomic E-state index is -0.248. The summed E-state index contributed by atoms with van der Waals surface area (Å²) in [5.74, 6) is 1.21. The van der Waals surface area contributed by atoms with Crippen LogP contribution in [0, 0.1) is 12.8 Å². The Morgan fingerprint density at radius 1 is 1.24 bits per heavy atom. The van der Waals surface area contributed by atoms with Crippen LogP contribution in [0.5, 0.6) is 0 Å². The number of likely N-dealkylation sites (tertiary alicyclic amines) is 1. The lowest BCUT2D eigenvalue weighted by Gasteiger charge is -2.31. The molecule has 2 N–H and O–H groups in total. The van der Waals surface area contributed by atoms with E-state index < -0.39 is 0 Å². The molecule has 152 valence electrons. The van der Waals surface area contributed by atoms with Gasteiger partial charge in [-0.2, -0.15) is 5.10 Å². The number of carbonyl (C=O) groups is 1. The third kappa shape index (κ3) is 5.32. The van der Waals surface area contributed by atoms with Crippen molar-refractivity contribution in [3.05, 3.63) is 70.9 Å². The van der Waals surface area contributed by atoms with E-state index in [2.05, 4.69) is 55.9 Å². The van der Waals surface area contributed by atoms with E-state index in [0.29, 0.717) is 18.8 Å². The van der Waals surface area contributed by atoms with Gasteiger partial charge in [0.2, 0.25) is 0 Å². The fourth-order valence-electron chi connectivity index (χ4n) is 3.84. The number of aryl methyl sites for hydroxylation is 1. The number of nitrogens with one attached hydrogen (secondary N) is 2. The molecule has 1 amide bonds. The molecule has 0 radical (unpaired) electrons. The smallest absolute Gasteiger partial charge is 0.273 e. The topological polar surface area (TPSA) is 87.1 Å². The van der Waals surface area contributed by atoms with Crippen LogP contribution in [0.4, 0.5) is 0 Å². The Morgan fingerprint density at radius 2 is 2.03 bits per heavy atom. The van der Waals surface area contributed by atoms with Gasteiger partial charge in [0.15, 0.2) is 11.5 Å². The standard InChI is InChI=1S/C22H27N5O2/c1-16-11-19(25-24-16)14-23-22(28)21-13-20(29-26-21)15-27-9-7-18(8-10-27)12-17-5-3-2-4-6-17/h2-6,11,13,18H,7-10,12,14-15H2,1H3,(H,23,28)(H,24,25). The highest BCUT2D eigenvalue weighted by atomic mass is 16.5. The zero-order chi connectivity index (χ0) is 20.1. The van der Waals surface area contributed by atoms with Crippen LogP contribution < -0.4 is 5.32 Å². The molecule has 1 aromatic carbocycles. The van der Waals surface area contributed by atoms with Gasteiger partial charge in [-0.15, -0.1) is 0 Å². The number of benzene rings is 1. The number of hydrogen-bond acceptors (Lipinski definition) is 5. The van der Waals surface area contributed by atoms with Gasteiger partial charge in [-0.3, -0.25) is 14.8 Å². The van der Waals surface area contributed by atoms with Crippen LogP contribution in [-0.4, -0.2) is 39.3 Å². The summed E-state index contributed by atoms with van der Waals surface area (Å²) in [6.07, 6.45) is 3.51. The fraction of sp³-hybridized carbons (Fsp3) is 0.409. The van der Waals surface area contributed by atoms with Crippen molar-refractivity contribution in [2.45, 2.75) is 39.3 Å². The first-order valence-electron chi connectivity index (χ1n) is 10.2. The third-order valence-corrected chi connectivity index (χ3v) is 5.43. The van der Waals surface area contributed by atoms with Crippen molar-refractivity contribution in [3.8, 4) is 0 Å². The molecule has 7 nitrogen and oxygen atoms in total. The van der Waals surface area contributed by atoms with E-state index in [-0.39, 0.29) is 5.91 Å². The summed E-state index contributed by atoms with van der Waals surface area (Å²) in [6.45, 7) is 5.06. The first-order valence-corrected chi connectivity index (χ1v) is 10.2. The predicted octanol–water partition coefficient (Wildman–Crippen LogP) is 3.09. The Bertz CT molecular complexity index is 926. The number of aromatic nitrogens is 3. The number of hydrogen-bond donors (Lipinski definition) is 2. The quantitative estimate of drug-likeness (QED) is 0.644. The minimum absolute atomic E-state index is 0.248. The molecule has 0 saturated carbocycles. The summed E-state index contributed by atoms with van der Waals surface area (Å²) in [4.78, 5) is 14.6. The molecule has 7 heteroatoms. The van der Waals surface area contributed by atoms with E-state index >= 15 is 0 Å². The van der Waals surface area contributed by atoms with Crippen LogP contribution in [-0.2, 0) is 19.5 Å². The Balaban J connectivity index is 1.22. The van der Waals surface area contributed by atoms with Gasteiger partial charge in [0.05, 0.1) is 18.8 Å². The number of aromatic amines is 1. The molecule has 4 rings (SSSR count). The molecule has 0 atom stereocenters. The summed E-state index contributed by atoms with van der Waals surface area (Å²) in [6, 6.07) is 14.3. The third-order valence-electron chi connectivity index (χ3n) is 5.43. The molecular weight excluding hydrogens is 366 g/mol. The molecule has 0 aliphatic carbocycles. The van der Waals surface area contributed by atoms with Gasteiger partial charge in [-0.05, 0) is 56.8 Å². The van der Waals surface area contributed by atoms with E-state index in [1.54, 1.807) is 6.07 Å². The molecular formula is C22H27N5O2. The van der Waals surface area contributed by atoms with Crippen molar-refractivity contribution in [2.24, 2.45) is 5.92 Å². The summed E-state index contributed by atoms with van der Waals surface area (Å²) in [5, 5.41) is 13.7. The summed E-state index contributed by atoms with van der Waals surface area (Å²) < 4.78 is 5.39. The summed E-state index contributed by atoms with van der Waals surface area (Å²) >= 11 is 0. The lowest BCUT2D eigenvalue weighted by atomic mass is 9.90. The molecule has 1 saturated heterocycles. The Labute approximate surface area is 170 Å². The van der Waals surface area contributed by atoms with E-state index in [1.807, 2.05) is 13.0 Å². The number of piperidine rings is 1. The highest BCUT2D eigenvalue weighted by Gasteiger charge is 2.21. The molecule has 2 aromatic heterocycles. The van der Waals surface area contributed by atoms with Gasteiger partial charge in [-0.1, -0.05) is 35.5 Å². The molecule has 3 aromatic rings. The minimum Gasteiger partial charge on any atom is -0.359 e. The number of amides is 1. The zero-order valence-corrected chi connectivity index (χ0v) is 16.7. The van der Waals surface area contributed by atoms with E-state index in [0.717, 1.165) is 42.6 Å². The van der Waals surface area contributed by atoms with E-state index in [9.17, 15) is 4.79 Å². The molecule has 0 spiro atoms. The normalized spacial score (nSPS) is 15.5. The number of H-pyrrole nitrogens is 1. The SMILES string of the molecule is Cc1cc(CNC(=O)c2cc(CN3CCC(Cc4ccccc4)CC3)on2)n[nH]1. The second kappa shape index (κ2) is 9.05. The van der Waals surface area contributed by atoms with Gasteiger partial charge < -0.3 is 9.84 Å². The zero-order valence-electron chi connectivity index (χ0n) is 16.7. The van der Waals surface area contributed by atoms with Crippen LogP contribution in [0.1, 0.15) is 46.0 Å². The highest BCUT2D eigenvalue weighted by molar-refractivity contribution is 5.92. The Morgan fingerprint density at radius 3 is 2.76 bits per heavy atom. The van der Waals surface area contributed by atoms with Crippen LogP contribution in [0.3, 0.4) is 0 Å². The largest absolute Gasteiger partial charge is 0.359 e. The maximum atomic E-state index is 12.3. The average Bonchev–Trinajstić information content (AvgIpc) is 3.37. The molecule has 0 unspecified atom stereocenters. The van der Waals surface area contributed by atoms with Crippen LogP contribution >= 0.6 is 0 Å². The van der Waals surface area contributed by atoms with E-state index in [1.165, 1.54) is 18.4 Å². The molecule has 29 heavy (non-hydrogen) atoms. The monoisotopic (exact) mass is 393 g/mol. The molecule has 1 aliphatic heterocycles.